The maximum atomic E-state index is 12.9. The highest BCUT2D eigenvalue weighted by molar-refractivity contribution is 9.10. The molecule has 30 heavy (non-hydrogen) atoms. The van der Waals surface area contributed by atoms with E-state index in [4.69, 9.17) is 4.74 Å². The molecule has 8 heteroatoms. The van der Waals surface area contributed by atoms with Crippen molar-refractivity contribution in [3.8, 4) is 5.75 Å². The number of ether oxygens (including phenoxy) is 1. The molecule has 0 saturated carbocycles. The Balaban J connectivity index is 1.84. The predicted molar refractivity (Wildman–Crippen MR) is 122 cm³/mol. The van der Waals surface area contributed by atoms with Crippen molar-refractivity contribution in [2.75, 3.05) is 17.1 Å². The molecule has 1 amide bonds. The van der Waals surface area contributed by atoms with Crippen molar-refractivity contribution in [2.45, 2.75) is 44.8 Å². The molecule has 2 aromatic rings. The van der Waals surface area contributed by atoms with Crippen LogP contribution in [0.2, 0.25) is 0 Å². The molecule has 1 heterocycles. The van der Waals surface area contributed by atoms with Gasteiger partial charge in [0.15, 0.2) is 0 Å². The number of para-hydroxylation sites is 1. The van der Waals surface area contributed by atoms with Crippen LogP contribution in [0.5, 0.6) is 5.75 Å². The number of carbonyl (C=O) groups excluding carboxylic acids is 1. The monoisotopic (exact) mass is 494 g/mol. The van der Waals surface area contributed by atoms with Crippen molar-refractivity contribution >= 4 is 37.5 Å². The van der Waals surface area contributed by atoms with Crippen molar-refractivity contribution in [1.29, 1.82) is 0 Å². The third kappa shape index (κ3) is 4.98. The number of amides is 1. The molecule has 1 aliphatic rings. The van der Waals surface area contributed by atoms with Crippen molar-refractivity contribution in [1.82, 2.24) is 5.32 Å². The van der Waals surface area contributed by atoms with Gasteiger partial charge in [0, 0.05) is 16.5 Å². The molecule has 0 aromatic heterocycles. The van der Waals surface area contributed by atoms with Crippen LogP contribution in [0, 0.1) is 0 Å². The number of carbonyl (C=O) groups is 1. The van der Waals surface area contributed by atoms with Gasteiger partial charge in [-0.15, -0.1) is 0 Å². The summed E-state index contributed by atoms with van der Waals surface area (Å²) >= 11 is 3.34. The first-order valence-electron chi connectivity index (χ1n) is 9.98. The fraction of sp³-hybridized carbons (Fsp3) is 0.409. The van der Waals surface area contributed by atoms with Gasteiger partial charge in [-0.25, -0.2) is 8.42 Å². The Bertz CT molecular complexity index is 1000. The Morgan fingerprint density at radius 1 is 1.17 bits per heavy atom. The highest BCUT2D eigenvalue weighted by Crippen LogP contribution is 2.42. The average molecular weight is 495 g/mol. The lowest BCUT2D eigenvalue weighted by atomic mass is 9.83. The number of rotatable bonds is 7. The summed E-state index contributed by atoms with van der Waals surface area (Å²) in [5.74, 6) is 0.414. The molecule has 0 spiro atoms. The lowest BCUT2D eigenvalue weighted by molar-refractivity contribution is -0.121. The predicted octanol–water partition coefficient (Wildman–Crippen LogP) is 4.41. The summed E-state index contributed by atoms with van der Waals surface area (Å²) in [6, 6.07) is 14.3. The molecule has 1 atom stereocenters. The fourth-order valence-corrected chi connectivity index (χ4v) is 4.93. The van der Waals surface area contributed by atoms with Gasteiger partial charge in [0.2, 0.25) is 15.9 Å². The second-order valence-electron chi connectivity index (χ2n) is 7.60. The number of anilines is 1. The number of halogens is 1. The summed E-state index contributed by atoms with van der Waals surface area (Å²) in [4.78, 5) is 12.9. The van der Waals surface area contributed by atoms with E-state index in [9.17, 15) is 13.2 Å². The minimum absolute atomic E-state index is 0.242. The molecule has 0 radical (unpaired) electrons. The summed E-state index contributed by atoms with van der Waals surface area (Å²) in [7, 11) is -3.63. The quantitative estimate of drug-likeness (QED) is 0.618. The minimum atomic E-state index is -3.63. The van der Waals surface area contributed by atoms with Gasteiger partial charge in [0.25, 0.3) is 0 Å². The van der Waals surface area contributed by atoms with E-state index in [0.717, 1.165) is 39.2 Å². The van der Waals surface area contributed by atoms with E-state index in [1.54, 1.807) is 24.3 Å². The third-order valence-electron chi connectivity index (χ3n) is 5.62. The van der Waals surface area contributed by atoms with Gasteiger partial charge in [-0.3, -0.25) is 9.10 Å². The van der Waals surface area contributed by atoms with Gasteiger partial charge in [0.1, 0.15) is 17.9 Å². The molecular formula is C22H27BrN2O4S. The van der Waals surface area contributed by atoms with E-state index in [1.165, 1.54) is 0 Å². The van der Waals surface area contributed by atoms with Crippen LogP contribution in [0.3, 0.4) is 0 Å². The maximum Gasteiger partial charge on any atom is 0.241 e. The Hall–Kier alpha value is -2.06. The van der Waals surface area contributed by atoms with E-state index in [1.807, 2.05) is 24.3 Å². The van der Waals surface area contributed by atoms with Crippen molar-refractivity contribution < 1.29 is 17.9 Å². The number of hydrogen-bond acceptors (Lipinski definition) is 4. The average Bonchev–Trinajstić information content (AvgIpc) is 2.72. The van der Waals surface area contributed by atoms with Gasteiger partial charge in [-0.05, 0) is 43.2 Å². The Labute approximate surface area is 186 Å². The number of benzene rings is 2. The van der Waals surface area contributed by atoms with Crippen molar-refractivity contribution in [3.63, 3.8) is 0 Å². The largest absolute Gasteiger partial charge is 0.487 e. The van der Waals surface area contributed by atoms with E-state index < -0.39 is 10.0 Å². The number of nitrogens with zero attached hydrogens (tertiary/aromatic N) is 1. The van der Waals surface area contributed by atoms with Crippen LogP contribution in [0.15, 0.2) is 53.0 Å². The second-order valence-corrected chi connectivity index (χ2v) is 10.4. The topological polar surface area (TPSA) is 75.7 Å². The number of sulfonamides is 1. The van der Waals surface area contributed by atoms with Crippen LogP contribution in [-0.4, -0.2) is 32.7 Å². The van der Waals surface area contributed by atoms with Crippen molar-refractivity contribution in [3.05, 3.63) is 58.6 Å². The van der Waals surface area contributed by atoms with Gasteiger partial charge in [-0.1, -0.05) is 48.0 Å². The smallest absolute Gasteiger partial charge is 0.241 e. The highest BCUT2D eigenvalue weighted by atomic mass is 79.9. The molecule has 2 aromatic carbocycles. The van der Waals surface area contributed by atoms with Crippen LogP contribution < -0.4 is 14.4 Å². The summed E-state index contributed by atoms with van der Waals surface area (Å²) in [5.41, 5.74) is 1.01. The summed E-state index contributed by atoms with van der Waals surface area (Å²) in [5, 5.41) is 3.05. The van der Waals surface area contributed by atoms with Crippen LogP contribution in [-0.2, 0) is 14.8 Å². The fourth-order valence-electron chi connectivity index (χ4n) is 3.81. The zero-order chi connectivity index (χ0) is 21.9. The van der Waals surface area contributed by atoms with Crippen LogP contribution in [0.1, 0.15) is 44.7 Å². The van der Waals surface area contributed by atoms with Gasteiger partial charge in [0.05, 0.1) is 18.0 Å². The number of nitrogens with one attached hydrogen (secondary N) is 1. The van der Waals surface area contributed by atoms with Crippen LogP contribution in [0.4, 0.5) is 5.69 Å². The van der Waals surface area contributed by atoms with E-state index >= 15 is 0 Å². The molecule has 162 valence electrons. The first kappa shape index (κ1) is 22.6. The Morgan fingerprint density at radius 2 is 1.80 bits per heavy atom. The lowest BCUT2D eigenvalue weighted by Crippen LogP contribution is -2.47. The summed E-state index contributed by atoms with van der Waals surface area (Å²) < 4.78 is 32.9. The van der Waals surface area contributed by atoms with E-state index in [2.05, 4.69) is 35.1 Å². The normalized spacial score (nSPS) is 17.5. The lowest BCUT2D eigenvalue weighted by Gasteiger charge is -2.41. The Kier molecular flexibility index (Phi) is 6.77. The molecule has 1 N–H and O–H groups in total. The Morgan fingerprint density at radius 3 is 2.40 bits per heavy atom. The van der Waals surface area contributed by atoms with Crippen LogP contribution in [0.25, 0.3) is 0 Å². The molecule has 0 bridgehead atoms. The first-order valence-corrected chi connectivity index (χ1v) is 12.6. The third-order valence-corrected chi connectivity index (χ3v) is 7.29. The standard InChI is InChI=1S/C22H27BrN2O4S/c1-4-22(5-2)14-19(18-8-6-7-9-20(18)29-22)24-21(26)15-25(30(3,27)28)17-12-10-16(23)11-13-17/h6-13,19H,4-5,14-15H2,1-3H3,(H,24,26). The van der Waals surface area contributed by atoms with E-state index in [0.29, 0.717) is 12.1 Å². The molecular weight excluding hydrogens is 468 g/mol. The summed E-state index contributed by atoms with van der Waals surface area (Å²) in [6.07, 6.45) is 3.38. The first-order chi connectivity index (χ1) is 14.2. The minimum Gasteiger partial charge on any atom is -0.487 e. The van der Waals surface area contributed by atoms with Crippen molar-refractivity contribution in [2.24, 2.45) is 0 Å². The molecule has 3 rings (SSSR count). The molecule has 6 nitrogen and oxygen atoms in total. The molecule has 0 saturated heterocycles. The molecule has 1 aliphatic heterocycles. The maximum absolute atomic E-state index is 12.9. The molecule has 0 fully saturated rings. The second kappa shape index (κ2) is 8.98. The zero-order valence-electron chi connectivity index (χ0n) is 17.4. The molecule has 1 unspecified atom stereocenters. The number of fused-ring (bicyclic) bond motifs is 1. The SMILES string of the molecule is CCC1(CC)CC(NC(=O)CN(c2ccc(Br)cc2)S(C)(=O)=O)c2ccccc2O1. The highest BCUT2D eigenvalue weighted by Gasteiger charge is 2.39. The van der Waals surface area contributed by atoms with Crippen LogP contribution >= 0.6 is 15.9 Å². The zero-order valence-corrected chi connectivity index (χ0v) is 19.8. The van der Waals surface area contributed by atoms with Gasteiger partial charge < -0.3 is 10.1 Å². The number of hydrogen-bond donors (Lipinski definition) is 1. The van der Waals surface area contributed by atoms with Gasteiger partial charge in [-0.2, -0.15) is 0 Å². The summed E-state index contributed by atoms with van der Waals surface area (Å²) in [6.45, 7) is 3.87. The molecule has 0 aliphatic carbocycles. The van der Waals surface area contributed by atoms with Gasteiger partial charge >= 0.3 is 0 Å². The van der Waals surface area contributed by atoms with E-state index in [-0.39, 0.29) is 24.1 Å².